The van der Waals surface area contributed by atoms with Crippen LogP contribution in [0.25, 0.3) is 0 Å². The third-order valence-corrected chi connectivity index (χ3v) is 4.03. The smallest absolute Gasteiger partial charge is 0.221 e. The highest BCUT2D eigenvalue weighted by Crippen LogP contribution is 2.15. The molecule has 0 saturated heterocycles. The van der Waals surface area contributed by atoms with E-state index in [0.717, 1.165) is 5.56 Å². The molecule has 0 atom stereocenters. The summed E-state index contributed by atoms with van der Waals surface area (Å²) < 4.78 is 13.4. The first-order valence-corrected chi connectivity index (χ1v) is 8.03. The fourth-order valence-corrected chi connectivity index (χ4v) is 2.78. The Kier molecular flexibility index (Phi) is 6.28. The first-order valence-electron chi connectivity index (χ1n) is 6.87. The van der Waals surface area contributed by atoms with E-state index in [0.29, 0.717) is 30.0 Å². The Morgan fingerprint density at radius 2 is 1.76 bits per heavy atom. The second-order valence-corrected chi connectivity index (χ2v) is 5.76. The van der Waals surface area contributed by atoms with Crippen LogP contribution in [0.1, 0.15) is 17.5 Å². The van der Waals surface area contributed by atoms with Crippen molar-refractivity contribution in [3.05, 3.63) is 71.5 Å². The lowest BCUT2D eigenvalue weighted by atomic mass is 10.2. The van der Waals surface area contributed by atoms with Gasteiger partial charge in [0, 0.05) is 24.5 Å². The number of carbonyl (C=O) groups is 1. The molecular formula is C17H18FNOS. The van der Waals surface area contributed by atoms with Crippen LogP contribution in [0.4, 0.5) is 4.39 Å². The third kappa shape index (κ3) is 5.60. The number of hydrogen-bond donors (Lipinski definition) is 1. The average molecular weight is 303 g/mol. The highest BCUT2D eigenvalue weighted by atomic mass is 32.2. The highest BCUT2D eigenvalue weighted by molar-refractivity contribution is 7.98. The number of benzene rings is 2. The van der Waals surface area contributed by atoms with Gasteiger partial charge in [0.25, 0.3) is 0 Å². The van der Waals surface area contributed by atoms with Crippen LogP contribution < -0.4 is 5.32 Å². The predicted molar refractivity (Wildman–Crippen MR) is 85.5 cm³/mol. The average Bonchev–Trinajstić information content (AvgIpc) is 2.52. The van der Waals surface area contributed by atoms with E-state index in [4.69, 9.17) is 0 Å². The van der Waals surface area contributed by atoms with E-state index in [9.17, 15) is 9.18 Å². The summed E-state index contributed by atoms with van der Waals surface area (Å²) in [6.07, 6.45) is 0.450. The van der Waals surface area contributed by atoms with Gasteiger partial charge in [-0.1, -0.05) is 48.5 Å². The molecule has 0 saturated carbocycles. The van der Waals surface area contributed by atoms with Crippen LogP contribution in [-0.4, -0.2) is 11.7 Å². The number of carbonyl (C=O) groups excluding carboxylic acids is 1. The van der Waals surface area contributed by atoms with Gasteiger partial charge < -0.3 is 5.32 Å². The van der Waals surface area contributed by atoms with E-state index in [1.165, 1.54) is 6.07 Å². The number of rotatable bonds is 7. The quantitative estimate of drug-likeness (QED) is 0.789. The van der Waals surface area contributed by atoms with Gasteiger partial charge in [-0.3, -0.25) is 4.79 Å². The van der Waals surface area contributed by atoms with Crippen molar-refractivity contribution in [2.24, 2.45) is 0 Å². The Labute approximate surface area is 128 Å². The summed E-state index contributed by atoms with van der Waals surface area (Å²) in [6.45, 7) is 0.553. The molecule has 0 aliphatic heterocycles. The molecule has 21 heavy (non-hydrogen) atoms. The zero-order chi connectivity index (χ0) is 14.9. The third-order valence-electron chi connectivity index (χ3n) is 3.02. The number of thioether (sulfide) groups is 1. The fourth-order valence-electron chi connectivity index (χ4n) is 1.85. The van der Waals surface area contributed by atoms with Crippen LogP contribution in [0, 0.1) is 5.82 Å². The predicted octanol–water partition coefficient (Wildman–Crippen LogP) is 3.77. The summed E-state index contributed by atoms with van der Waals surface area (Å²) in [4.78, 5) is 11.7. The number of hydrogen-bond acceptors (Lipinski definition) is 2. The van der Waals surface area contributed by atoms with E-state index in [1.807, 2.05) is 36.4 Å². The maximum Gasteiger partial charge on any atom is 0.221 e. The van der Waals surface area contributed by atoms with Crippen molar-refractivity contribution in [2.45, 2.75) is 18.7 Å². The molecule has 0 radical (unpaired) electrons. The molecule has 4 heteroatoms. The summed E-state index contributed by atoms with van der Waals surface area (Å²) in [5.74, 6) is 1.13. The molecule has 110 valence electrons. The van der Waals surface area contributed by atoms with Gasteiger partial charge in [-0.15, -0.1) is 0 Å². The second-order valence-electron chi connectivity index (χ2n) is 4.66. The van der Waals surface area contributed by atoms with E-state index < -0.39 is 0 Å². The highest BCUT2D eigenvalue weighted by Gasteiger charge is 2.03. The second kappa shape index (κ2) is 8.47. The molecule has 0 aromatic heterocycles. The maximum absolute atomic E-state index is 13.4. The van der Waals surface area contributed by atoms with E-state index >= 15 is 0 Å². The van der Waals surface area contributed by atoms with Crippen molar-refractivity contribution in [3.8, 4) is 0 Å². The van der Waals surface area contributed by atoms with Gasteiger partial charge >= 0.3 is 0 Å². The topological polar surface area (TPSA) is 29.1 Å². The Bertz CT molecular complexity index is 574. The number of amides is 1. The van der Waals surface area contributed by atoms with E-state index in [-0.39, 0.29) is 11.7 Å². The minimum absolute atomic E-state index is 0.0277. The zero-order valence-electron chi connectivity index (χ0n) is 11.7. The molecule has 0 fully saturated rings. The van der Waals surface area contributed by atoms with Crippen LogP contribution in [0.5, 0.6) is 0 Å². The molecule has 0 spiro atoms. The van der Waals surface area contributed by atoms with E-state index in [2.05, 4.69) is 5.32 Å². The molecule has 0 aliphatic carbocycles. The maximum atomic E-state index is 13.4. The standard InChI is InChI=1S/C17H18FNOS/c18-16-9-5-4-8-15(16)13-21-11-10-17(20)19-12-14-6-2-1-3-7-14/h1-9H,10-13H2,(H,19,20). The molecule has 2 rings (SSSR count). The largest absolute Gasteiger partial charge is 0.352 e. The summed E-state index contributed by atoms with van der Waals surface area (Å²) in [6, 6.07) is 16.6. The molecule has 0 bridgehead atoms. The first kappa shape index (κ1) is 15.6. The van der Waals surface area contributed by atoms with Gasteiger partial charge in [-0.25, -0.2) is 4.39 Å². The van der Waals surface area contributed by atoms with Gasteiger partial charge in [0.05, 0.1) is 0 Å². The lowest BCUT2D eigenvalue weighted by molar-refractivity contribution is -0.120. The normalized spacial score (nSPS) is 10.3. The van der Waals surface area contributed by atoms with Gasteiger partial charge in [0.1, 0.15) is 5.82 Å². The lowest BCUT2D eigenvalue weighted by Crippen LogP contribution is -2.22. The Morgan fingerprint density at radius 3 is 2.52 bits per heavy atom. The minimum Gasteiger partial charge on any atom is -0.352 e. The number of halogens is 1. The molecular weight excluding hydrogens is 285 g/mol. The Morgan fingerprint density at radius 1 is 1.05 bits per heavy atom. The molecule has 2 nitrogen and oxygen atoms in total. The molecule has 2 aromatic carbocycles. The van der Waals surface area contributed by atoms with Gasteiger partial charge in [-0.2, -0.15) is 11.8 Å². The lowest BCUT2D eigenvalue weighted by Gasteiger charge is -2.06. The Hall–Kier alpha value is -1.81. The van der Waals surface area contributed by atoms with Crippen molar-refractivity contribution >= 4 is 17.7 Å². The zero-order valence-corrected chi connectivity index (χ0v) is 12.5. The summed E-state index contributed by atoms with van der Waals surface area (Å²) in [7, 11) is 0. The first-order chi connectivity index (χ1) is 10.3. The van der Waals surface area contributed by atoms with Crippen LogP contribution in [0.15, 0.2) is 54.6 Å². The Balaban J connectivity index is 1.62. The molecule has 1 amide bonds. The van der Waals surface area contributed by atoms with Crippen molar-refractivity contribution in [1.82, 2.24) is 5.32 Å². The monoisotopic (exact) mass is 303 g/mol. The van der Waals surface area contributed by atoms with Crippen LogP contribution in [0.2, 0.25) is 0 Å². The number of nitrogens with one attached hydrogen (secondary N) is 1. The van der Waals surface area contributed by atoms with Gasteiger partial charge in [-0.05, 0) is 17.2 Å². The van der Waals surface area contributed by atoms with Crippen molar-refractivity contribution in [3.63, 3.8) is 0 Å². The van der Waals surface area contributed by atoms with Crippen molar-refractivity contribution in [1.29, 1.82) is 0 Å². The van der Waals surface area contributed by atoms with Gasteiger partial charge in [0.2, 0.25) is 5.91 Å². The van der Waals surface area contributed by atoms with E-state index in [1.54, 1.807) is 23.9 Å². The minimum atomic E-state index is -0.182. The molecule has 0 aliphatic rings. The SMILES string of the molecule is O=C(CCSCc1ccccc1F)NCc1ccccc1. The summed E-state index contributed by atoms with van der Waals surface area (Å²) in [5, 5.41) is 2.88. The van der Waals surface area contributed by atoms with Crippen LogP contribution in [0.3, 0.4) is 0 Å². The van der Waals surface area contributed by atoms with Crippen molar-refractivity contribution in [2.75, 3.05) is 5.75 Å². The molecule has 0 heterocycles. The molecule has 1 N–H and O–H groups in total. The van der Waals surface area contributed by atoms with Gasteiger partial charge in [0.15, 0.2) is 0 Å². The van der Waals surface area contributed by atoms with Crippen molar-refractivity contribution < 1.29 is 9.18 Å². The summed E-state index contributed by atoms with van der Waals surface area (Å²) >= 11 is 1.57. The molecule has 0 unspecified atom stereocenters. The van der Waals surface area contributed by atoms with Crippen LogP contribution in [-0.2, 0) is 17.1 Å². The fraction of sp³-hybridized carbons (Fsp3) is 0.235. The summed E-state index contributed by atoms with van der Waals surface area (Å²) in [5.41, 5.74) is 1.78. The van der Waals surface area contributed by atoms with Crippen LogP contribution >= 0.6 is 11.8 Å². The molecule has 2 aromatic rings.